The van der Waals surface area contributed by atoms with Gasteiger partial charge in [-0.15, -0.1) is 22.7 Å². The molecule has 4 aliphatic rings. The van der Waals surface area contributed by atoms with Crippen molar-refractivity contribution in [3.8, 4) is 9.75 Å². The topological polar surface area (TPSA) is 68.3 Å². The fraction of sp³-hybridized carbons (Fsp3) is 0.143. The first-order chi connectivity index (χ1) is 25.0. The van der Waals surface area contributed by atoms with Gasteiger partial charge in [-0.1, -0.05) is 19.3 Å². The van der Waals surface area contributed by atoms with Gasteiger partial charge in [-0.05, 0) is 118 Å². The molecule has 0 unspecified atom stereocenters. The summed E-state index contributed by atoms with van der Waals surface area (Å²) in [6.07, 6.45) is 8.15. The molecule has 254 valence electrons. The van der Waals surface area contributed by atoms with Gasteiger partial charge >= 0.3 is 0 Å². The lowest BCUT2D eigenvalue weighted by molar-refractivity contribution is 0.0975. The van der Waals surface area contributed by atoms with E-state index in [1.165, 1.54) is 46.9 Å². The van der Waals surface area contributed by atoms with Gasteiger partial charge in [0.1, 0.15) is 0 Å². The smallest absolute Gasteiger partial charge is 0.197 e. The summed E-state index contributed by atoms with van der Waals surface area (Å²) in [5.41, 5.74) is 2.62. The van der Waals surface area contributed by atoms with Crippen molar-refractivity contribution in [3.63, 3.8) is 0 Å². The first kappa shape index (κ1) is 31.4. The van der Waals surface area contributed by atoms with Gasteiger partial charge in [-0.25, -0.2) is 17.6 Å². The lowest BCUT2D eigenvalue weighted by atomic mass is 9.68. The minimum absolute atomic E-state index is 0.00310. The first-order valence-corrected chi connectivity index (χ1v) is 18.4. The quantitative estimate of drug-likeness (QED) is 0.101. The number of hydrogen-bond donors (Lipinski definition) is 0. The van der Waals surface area contributed by atoms with Crippen LogP contribution in [0.2, 0.25) is 0 Å². The van der Waals surface area contributed by atoms with Gasteiger partial charge in [0.05, 0.1) is 11.1 Å². The fourth-order valence-corrected chi connectivity index (χ4v) is 11.1. The summed E-state index contributed by atoms with van der Waals surface area (Å²) in [5.74, 6) is -6.00. The number of rotatable bonds is 2. The summed E-state index contributed by atoms with van der Waals surface area (Å²) in [6, 6.07) is 13.9. The van der Waals surface area contributed by atoms with Crippen LogP contribution in [0.4, 0.5) is 17.6 Å². The Balaban J connectivity index is 1.04. The number of allylic oxidation sites excluding steroid dienone is 2. The SMILES string of the molecule is O=C1C(=Cc2cc3c(s2)-c2sc(C=C4C(=O)c5cc6cc(F)c(F)cc6cc5C4=O)cc2C32CCCCC2)C(=O)c2cc3cc(F)c(F)cc3cc21. The molecule has 0 bridgehead atoms. The van der Waals surface area contributed by atoms with Crippen molar-refractivity contribution >= 4 is 79.5 Å². The monoisotopic (exact) mass is 730 g/mol. The number of carbonyl (C=O) groups excluding carboxylic acids is 4. The van der Waals surface area contributed by atoms with Crippen molar-refractivity contribution in [1.29, 1.82) is 0 Å². The largest absolute Gasteiger partial charge is 0.288 e. The van der Waals surface area contributed by atoms with Crippen LogP contribution in [0.3, 0.4) is 0 Å². The second kappa shape index (κ2) is 10.8. The molecule has 52 heavy (non-hydrogen) atoms. The molecule has 10 rings (SSSR count). The third-order valence-corrected chi connectivity index (χ3v) is 13.3. The van der Waals surface area contributed by atoms with E-state index in [2.05, 4.69) is 12.1 Å². The van der Waals surface area contributed by atoms with Crippen LogP contribution in [0.15, 0.2) is 71.8 Å². The van der Waals surface area contributed by atoms with Crippen molar-refractivity contribution in [2.75, 3.05) is 0 Å². The summed E-state index contributed by atoms with van der Waals surface area (Å²) in [4.78, 5) is 57.6. The normalized spacial score (nSPS) is 17.1. The number of hydrogen-bond acceptors (Lipinski definition) is 6. The van der Waals surface area contributed by atoms with E-state index in [1.807, 2.05) is 0 Å². The van der Waals surface area contributed by atoms with Crippen molar-refractivity contribution < 1.29 is 36.7 Å². The van der Waals surface area contributed by atoms with E-state index in [9.17, 15) is 36.7 Å². The summed E-state index contributed by atoms with van der Waals surface area (Å²) in [7, 11) is 0. The molecule has 1 fully saturated rings. The summed E-state index contributed by atoms with van der Waals surface area (Å²) < 4.78 is 55.8. The Bertz CT molecular complexity index is 2490. The van der Waals surface area contributed by atoms with E-state index in [0.29, 0.717) is 21.5 Å². The third kappa shape index (κ3) is 4.31. The Morgan fingerprint density at radius 3 is 1.12 bits per heavy atom. The maximum absolute atomic E-state index is 13.9. The first-order valence-electron chi connectivity index (χ1n) is 16.8. The third-order valence-electron chi connectivity index (χ3n) is 11.0. The van der Waals surface area contributed by atoms with Gasteiger partial charge in [0.25, 0.3) is 0 Å². The van der Waals surface area contributed by atoms with Crippen molar-refractivity contribution in [1.82, 2.24) is 0 Å². The molecule has 4 nitrogen and oxygen atoms in total. The van der Waals surface area contributed by atoms with E-state index in [-0.39, 0.29) is 38.8 Å². The fourth-order valence-electron chi connectivity index (χ4n) is 8.52. The number of benzene rings is 4. The van der Waals surface area contributed by atoms with Gasteiger partial charge in [0.2, 0.25) is 0 Å². The number of ketones is 4. The van der Waals surface area contributed by atoms with Crippen LogP contribution in [0, 0.1) is 23.3 Å². The van der Waals surface area contributed by atoms with Crippen molar-refractivity contribution in [2.45, 2.75) is 37.5 Å². The van der Waals surface area contributed by atoms with Crippen LogP contribution in [0.5, 0.6) is 0 Å². The molecule has 4 aromatic carbocycles. The molecule has 2 heterocycles. The van der Waals surface area contributed by atoms with Gasteiger partial charge in [0.15, 0.2) is 46.4 Å². The predicted molar refractivity (Wildman–Crippen MR) is 193 cm³/mol. The van der Waals surface area contributed by atoms with E-state index < -0.39 is 46.4 Å². The Morgan fingerprint density at radius 2 is 0.788 bits per heavy atom. The second-order valence-corrected chi connectivity index (χ2v) is 16.0. The van der Waals surface area contributed by atoms with Crippen LogP contribution in [-0.4, -0.2) is 23.1 Å². The molecular weight excluding hydrogens is 709 g/mol. The van der Waals surface area contributed by atoms with Crippen LogP contribution < -0.4 is 0 Å². The number of carbonyl (C=O) groups is 4. The highest BCUT2D eigenvalue weighted by molar-refractivity contribution is 7.23. The molecule has 0 radical (unpaired) electrons. The van der Waals surface area contributed by atoms with Crippen LogP contribution in [-0.2, 0) is 5.41 Å². The molecule has 1 spiro atoms. The highest BCUT2D eigenvalue weighted by Crippen LogP contribution is 2.61. The average molecular weight is 731 g/mol. The Labute approximate surface area is 300 Å². The van der Waals surface area contributed by atoms with Gasteiger partial charge in [0, 0.05) is 47.2 Å². The number of halogens is 4. The number of fused-ring (bicyclic) bond motifs is 9. The van der Waals surface area contributed by atoms with Gasteiger partial charge < -0.3 is 0 Å². The molecule has 0 saturated heterocycles. The molecular formula is C42H22F4O4S2. The van der Waals surface area contributed by atoms with E-state index in [1.54, 1.807) is 12.2 Å². The highest BCUT2D eigenvalue weighted by Gasteiger charge is 2.47. The van der Waals surface area contributed by atoms with E-state index in [4.69, 9.17) is 0 Å². The maximum atomic E-state index is 13.9. The molecule has 4 aliphatic carbocycles. The highest BCUT2D eigenvalue weighted by atomic mass is 32.1. The predicted octanol–water partition coefficient (Wildman–Crippen LogP) is 10.8. The van der Waals surface area contributed by atoms with Gasteiger partial charge in [-0.2, -0.15) is 0 Å². The average Bonchev–Trinajstić information content (AvgIpc) is 3.89. The summed E-state index contributed by atoms with van der Waals surface area (Å²) >= 11 is 2.95. The lowest BCUT2D eigenvalue weighted by Gasteiger charge is -2.34. The minimum atomic E-state index is -1.03. The summed E-state index contributed by atoms with van der Waals surface area (Å²) in [5, 5.41) is 1.31. The van der Waals surface area contributed by atoms with Gasteiger partial charge in [-0.3, -0.25) is 19.2 Å². The van der Waals surface area contributed by atoms with Crippen molar-refractivity contribution in [2.24, 2.45) is 0 Å². The molecule has 0 amide bonds. The summed E-state index contributed by atoms with van der Waals surface area (Å²) in [6.45, 7) is 0. The zero-order valence-electron chi connectivity index (χ0n) is 26.9. The molecule has 10 heteroatoms. The molecule has 2 aromatic heterocycles. The Morgan fingerprint density at radius 1 is 0.462 bits per heavy atom. The lowest BCUT2D eigenvalue weighted by Crippen LogP contribution is -2.27. The Hall–Kier alpha value is -5.32. The van der Waals surface area contributed by atoms with E-state index >= 15 is 0 Å². The molecule has 6 aromatic rings. The molecule has 1 saturated carbocycles. The number of thiophene rings is 2. The van der Waals surface area contributed by atoms with E-state index in [0.717, 1.165) is 87.0 Å². The molecule has 0 N–H and O–H groups in total. The molecule has 0 atom stereocenters. The number of Topliss-reactive ketones (excluding diaryl/α,β-unsaturated/α-hetero) is 4. The zero-order chi connectivity index (χ0) is 35.8. The zero-order valence-corrected chi connectivity index (χ0v) is 28.6. The second-order valence-electron chi connectivity index (χ2n) is 13.9. The molecule has 0 aliphatic heterocycles. The maximum Gasteiger partial charge on any atom is 0.197 e. The van der Waals surface area contributed by atoms with Crippen LogP contribution in [0.1, 0.15) is 94.4 Å². The Kier molecular flexibility index (Phi) is 6.56. The standard InChI is InChI=1S/C42H22F4O4S2/c43-32-10-18-6-24-25(7-19(18)11-33(32)44)37(48)28(36(24)47)14-22-16-30-40(51-22)41-31(42(30)4-2-1-3-5-42)17-23(52-41)15-29-38(49)26-8-20-12-34(45)35(46)13-21(20)9-27(26)39(29)50/h6-17H,1-5H2. The minimum Gasteiger partial charge on any atom is -0.288 e. The van der Waals surface area contributed by atoms with Crippen LogP contribution in [0.25, 0.3) is 43.5 Å². The van der Waals surface area contributed by atoms with Crippen molar-refractivity contribution in [3.05, 3.63) is 138 Å². The van der Waals surface area contributed by atoms with Crippen LogP contribution >= 0.6 is 22.7 Å².